The Labute approximate surface area is 82.1 Å². The Bertz CT molecular complexity index is 475. The van der Waals surface area contributed by atoms with E-state index in [1.165, 1.54) is 6.26 Å². The number of phenolic OH excluding ortho intramolecular Hbond substituents is 1. The standard InChI is InChI=1S/C12H10O2/c1-2-14-12-8-4-5-9-10(12)6-3-7-11(9)13/h2-8,13H,1H2. The summed E-state index contributed by atoms with van der Waals surface area (Å²) in [6.07, 6.45) is 1.37. The second kappa shape index (κ2) is 3.42. The number of rotatable bonds is 2. The second-order valence-corrected chi connectivity index (χ2v) is 2.91. The van der Waals surface area contributed by atoms with Crippen LogP contribution >= 0.6 is 0 Å². The number of benzene rings is 2. The molecule has 2 aromatic carbocycles. The van der Waals surface area contributed by atoms with Crippen molar-refractivity contribution < 1.29 is 9.84 Å². The van der Waals surface area contributed by atoms with E-state index < -0.39 is 0 Å². The van der Waals surface area contributed by atoms with Gasteiger partial charge in [0.25, 0.3) is 0 Å². The molecule has 14 heavy (non-hydrogen) atoms. The highest BCUT2D eigenvalue weighted by molar-refractivity contribution is 5.92. The molecule has 0 saturated heterocycles. The minimum Gasteiger partial charge on any atom is -0.507 e. The predicted octanol–water partition coefficient (Wildman–Crippen LogP) is 3.07. The van der Waals surface area contributed by atoms with Gasteiger partial charge in [-0.05, 0) is 12.1 Å². The Morgan fingerprint density at radius 1 is 1.07 bits per heavy atom. The quantitative estimate of drug-likeness (QED) is 0.730. The van der Waals surface area contributed by atoms with Crippen LogP contribution in [0.3, 0.4) is 0 Å². The highest BCUT2D eigenvalue weighted by Crippen LogP contribution is 2.31. The lowest BCUT2D eigenvalue weighted by molar-refractivity contribution is 0.478. The molecule has 2 nitrogen and oxygen atoms in total. The van der Waals surface area contributed by atoms with Crippen LogP contribution in [-0.4, -0.2) is 5.11 Å². The number of fused-ring (bicyclic) bond motifs is 1. The Hall–Kier alpha value is -1.96. The van der Waals surface area contributed by atoms with E-state index in [0.29, 0.717) is 5.75 Å². The molecule has 0 bridgehead atoms. The number of aromatic hydroxyl groups is 1. The van der Waals surface area contributed by atoms with Crippen molar-refractivity contribution >= 4 is 10.8 Å². The number of phenols is 1. The van der Waals surface area contributed by atoms with Crippen molar-refractivity contribution in [2.75, 3.05) is 0 Å². The highest BCUT2D eigenvalue weighted by atomic mass is 16.5. The van der Waals surface area contributed by atoms with Gasteiger partial charge in [-0.25, -0.2) is 0 Å². The summed E-state index contributed by atoms with van der Waals surface area (Å²) in [5.74, 6) is 0.963. The van der Waals surface area contributed by atoms with Crippen molar-refractivity contribution in [2.45, 2.75) is 0 Å². The molecule has 2 heteroatoms. The van der Waals surface area contributed by atoms with Crippen LogP contribution in [0.25, 0.3) is 10.8 Å². The third-order valence-electron chi connectivity index (χ3n) is 2.07. The Balaban J connectivity index is 2.74. The zero-order valence-corrected chi connectivity index (χ0v) is 7.60. The first-order valence-corrected chi connectivity index (χ1v) is 4.31. The molecule has 0 aliphatic carbocycles. The molecule has 0 aliphatic rings. The van der Waals surface area contributed by atoms with Gasteiger partial charge in [-0.3, -0.25) is 0 Å². The molecular formula is C12H10O2. The van der Waals surface area contributed by atoms with Gasteiger partial charge >= 0.3 is 0 Å². The van der Waals surface area contributed by atoms with Crippen LogP contribution in [0.5, 0.6) is 11.5 Å². The molecule has 0 aromatic heterocycles. The first-order valence-electron chi connectivity index (χ1n) is 4.31. The van der Waals surface area contributed by atoms with E-state index >= 15 is 0 Å². The molecule has 0 heterocycles. The first-order chi connectivity index (χ1) is 6.83. The fourth-order valence-corrected chi connectivity index (χ4v) is 1.46. The van der Waals surface area contributed by atoms with E-state index in [9.17, 15) is 5.11 Å². The van der Waals surface area contributed by atoms with E-state index in [1.54, 1.807) is 12.1 Å². The molecule has 1 N–H and O–H groups in total. The third-order valence-corrected chi connectivity index (χ3v) is 2.07. The zero-order valence-electron chi connectivity index (χ0n) is 7.60. The van der Waals surface area contributed by atoms with Gasteiger partial charge in [0.15, 0.2) is 0 Å². The minimum absolute atomic E-state index is 0.261. The fraction of sp³-hybridized carbons (Fsp3) is 0. The van der Waals surface area contributed by atoms with E-state index in [-0.39, 0.29) is 5.75 Å². The summed E-state index contributed by atoms with van der Waals surface area (Å²) in [5, 5.41) is 11.2. The predicted molar refractivity (Wildman–Crippen MR) is 56.4 cm³/mol. The molecule has 0 spiro atoms. The van der Waals surface area contributed by atoms with Crippen molar-refractivity contribution in [1.82, 2.24) is 0 Å². The second-order valence-electron chi connectivity index (χ2n) is 2.91. The molecule has 0 atom stereocenters. The van der Waals surface area contributed by atoms with Gasteiger partial charge < -0.3 is 9.84 Å². The maximum absolute atomic E-state index is 9.58. The van der Waals surface area contributed by atoms with Gasteiger partial charge in [0.05, 0.1) is 6.26 Å². The largest absolute Gasteiger partial charge is 0.507 e. The van der Waals surface area contributed by atoms with Gasteiger partial charge in [0.1, 0.15) is 11.5 Å². The lowest BCUT2D eigenvalue weighted by atomic mass is 10.1. The molecule has 0 radical (unpaired) electrons. The van der Waals surface area contributed by atoms with E-state index in [1.807, 2.05) is 24.3 Å². The summed E-state index contributed by atoms with van der Waals surface area (Å²) in [5.41, 5.74) is 0. The van der Waals surface area contributed by atoms with Gasteiger partial charge in [-0.1, -0.05) is 30.8 Å². The molecule has 0 amide bonds. The SMILES string of the molecule is C=COc1cccc2c(O)cccc12. The lowest BCUT2D eigenvalue weighted by Crippen LogP contribution is -1.82. The summed E-state index contributed by atoms with van der Waals surface area (Å²) in [4.78, 5) is 0. The number of ether oxygens (including phenoxy) is 1. The fourth-order valence-electron chi connectivity index (χ4n) is 1.46. The number of hydrogen-bond acceptors (Lipinski definition) is 2. The molecule has 0 fully saturated rings. The summed E-state index contributed by atoms with van der Waals surface area (Å²) < 4.78 is 5.23. The third kappa shape index (κ3) is 1.31. The monoisotopic (exact) mass is 186 g/mol. The van der Waals surface area contributed by atoms with Crippen molar-refractivity contribution in [2.24, 2.45) is 0 Å². The first kappa shape index (κ1) is 8.63. The van der Waals surface area contributed by atoms with E-state index in [0.717, 1.165) is 10.8 Å². The highest BCUT2D eigenvalue weighted by Gasteiger charge is 2.03. The molecule has 0 aliphatic heterocycles. The van der Waals surface area contributed by atoms with E-state index in [2.05, 4.69) is 6.58 Å². The average Bonchev–Trinajstić information content (AvgIpc) is 2.20. The zero-order chi connectivity index (χ0) is 9.97. The Kier molecular flexibility index (Phi) is 2.11. The van der Waals surface area contributed by atoms with E-state index in [4.69, 9.17) is 4.74 Å². The van der Waals surface area contributed by atoms with Crippen LogP contribution in [0.4, 0.5) is 0 Å². The molecule has 0 unspecified atom stereocenters. The molecule has 2 rings (SSSR count). The molecular weight excluding hydrogens is 176 g/mol. The Morgan fingerprint density at radius 2 is 1.79 bits per heavy atom. The van der Waals surface area contributed by atoms with Gasteiger partial charge in [0.2, 0.25) is 0 Å². The van der Waals surface area contributed by atoms with Crippen LogP contribution in [0.2, 0.25) is 0 Å². The lowest BCUT2D eigenvalue weighted by Gasteiger charge is -2.05. The van der Waals surface area contributed by atoms with Crippen molar-refractivity contribution in [1.29, 1.82) is 0 Å². The van der Waals surface area contributed by atoms with Crippen molar-refractivity contribution in [3.63, 3.8) is 0 Å². The van der Waals surface area contributed by atoms with Crippen molar-refractivity contribution in [3.8, 4) is 11.5 Å². The van der Waals surface area contributed by atoms with Crippen LogP contribution in [0, 0.1) is 0 Å². The average molecular weight is 186 g/mol. The maximum atomic E-state index is 9.58. The Morgan fingerprint density at radius 3 is 2.57 bits per heavy atom. The van der Waals surface area contributed by atoms with Crippen LogP contribution < -0.4 is 4.74 Å². The molecule has 0 saturated carbocycles. The summed E-state index contributed by atoms with van der Waals surface area (Å²) in [6, 6.07) is 10.9. The minimum atomic E-state index is 0.261. The molecule has 70 valence electrons. The summed E-state index contributed by atoms with van der Waals surface area (Å²) >= 11 is 0. The smallest absolute Gasteiger partial charge is 0.134 e. The van der Waals surface area contributed by atoms with Crippen molar-refractivity contribution in [3.05, 3.63) is 49.2 Å². The van der Waals surface area contributed by atoms with Crippen LogP contribution in [0.1, 0.15) is 0 Å². The van der Waals surface area contributed by atoms with Crippen LogP contribution in [-0.2, 0) is 0 Å². The number of hydrogen-bond donors (Lipinski definition) is 1. The summed E-state index contributed by atoms with van der Waals surface area (Å²) in [7, 11) is 0. The van der Waals surface area contributed by atoms with Crippen LogP contribution in [0.15, 0.2) is 49.2 Å². The topological polar surface area (TPSA) is 29.5 Å². The summed E-state index contributed by atoms with van der Waals surface area (Å²) in [6.45, 7) is 3.50. The normalized spacial score (nSPS) is 10.0. The van der Waals surface area contributed by atoms with Gasteiger partial charge in [-0.15, -0.1) is 0 Å². The molecule has 2 aromatic rings. The van der Waals surface area contributed by atoms with Gasteiger partial charge in [0, 0.05) is 10.8 Å². The van der Waals surface area contributed by atoms with Gasteiger partial charge in [-0.2, -0.15) is 0 Å². The maximum Gasteiger partial charge on any atom is 0.134 e.